The molecule has 0 radical (unpaired) electrons. The van der Waals surface area contributed by atoms with Crippen molar-refractivity contribution in [3.63, 3.8) is 0 Å². The summed E-state index contributed by atoms with van der Waals surface area (Å²) in [5.74, 6) is 0. The molecule has 0 aliphatic carbocycles. The summed E-state index contributed by atoms with van der Waals surface area (Å²) in [5, 5.41) is 7.35. The molecule has 0 aliphatic heterocycles. The van der Waals surface area contributed by atoms with E-state index in [4.69, 9.17) is 4.52 Å². The lowest BCUT2D eigenvalue weighted by molar-refractivity contribution is 0.397. The van der Waals surface area contributed by atoms with Crippen molar-refractivity contribution in [3.05, 3.63) is 18.0 Å². The molecule has 1 heterocycles. The van der Waals surface area contributed by atoms with Gasteiger partial charge in [-0.1, -0.05) is 31.8 Å². The van der Waals surface area contributed by atoms with Crippen molar-refractivity contribution in [3.8, 4) is 0 Å². The van der Waals surface area contributed by atoms with Crippen molar-refractivity contribution in [2.75, 3.05) is 0 Å². The Bertz CT molecular complexity index is 221. The van der Waals surface area contributed by atoms with Gasteiger partial charge in [-0.3, -0.25) is 0 Å². The highest BCUT2D eigenvalue weighted by atomic mass is 16.5. The third-order valence-corrected chi connectivity index (χ3v) is 2.46. The third-order valence-electron chi connectivity index (χ3n) is 2.46. The molecule has 0 saturated carbocycles. The van der Waals surface area contributed by atoms with Crippen LogP contribution < -0.4 is 5.32 Å². The zero-order valence-corrected chi connectivity index (χ0v) is 9.12. The van der Waals surface area contributed by atoms with Crippen LogP contribution in [0.3, 0.4) is 0 Å². The molecule has 3 heteroatoms. The highest BCUT2D eigenvalue weighted by Gasteiger charge is 2.05. The molecule has 1 N–H and O–H groups in total. The molecule has 1 atom stereocenters. The summed E-state index contributed by atoms with van der Waals surface area (Å²) in [6.07, 6.45) is 6.61. The molecule has 0 amide bonds. The van der Waals surface area contributed by atoms with E-state index in [1.165, 1.54) is 25.7 Å². The lowest BCUT2D eigenvalue weighted by atomic mass is 10.1. The van der Waals surface area contributed by atoms with Crippen LogP contribution in [0.1, 0.15) is 45.2 Å². The van der Waals surface area contributed by atoms with E-state index >= 15 is 0 Å². The molecule has 1 aromatic heterocycles. The molecule has 0 bridgehead atoms. The number of nitrogens with one attached hydrogen (secondary N) is 1. The lowest BCUT2D eigenvalue weighted by Gasteiger charge is -2.15. The van der Waals surface area contributed by atoms with Crippen LogP contribution in [-0.4, -0.2) is 11.2 Å². The average Bonchev–Trinajstić information content (AvgIpc) is 2.71. The van der Waals surface area contributed by atoms with E-state index in [2.05, 4.69) is 24.3 Å². The monoisotopic (exact) mass is 196 g/mol. The van der Waals surface area contributed by atoms with Gasteiger partial charge < -0.3 is 9.84 Å². The largest absolute Gasteiger partial charge is 0.364 e. The molecule has 3 nitrogen and oxygen atoms in total. The Morgan fingerprint density at radius 3 is 2.93 bits per heavy atom. The first-order chi connectivity index (χ1) is 6.86. The van der Waals surface area contributed by atoms with E-state index < -0.39 is 0 Å². The van der Waals surface area contributed by atoms with Gasteiger partial charge >= 0.3 is 0 Å². The summed E-state index contributed by atoms with van der Waals surface area (Å²) in [7, 11) is 0. The Balaban J connectivity index is 2.20. The molecular formula is C11H20N2O. The van der Waals surface area contributed by atoms with Gasteiger partial charge in [-0.25, -0.2) is 0 Å². The van der Waals surface area contributed by atoms with Crippen molar-refractivity contribution in [2.24, 2.45) is 0 Å². The molecule has 0 fully saturated rings. The molecule has 0 spiro atoms. The van der Waals surface area contributed by atoms with Gasteiger partial charge in [0.25, 0.3) is 0 Å². The lowest BCUT2D eigenvalue weighted by Crippen LogP contribution is -2.27. The van der Waals surface area contributed by atoms with Crippen molar-refractivity contribution in [1.29, 1.82) is 0 Å². The second kappa shape index (κ2) is 6.60. The van der Waals surface area contributed by atoms with E-state index in [1.54, 1.807) is 6.26 Å². The van der Waals surface area contributed by atoms with Gasteiger partial charge in [0.1, 0.15) is 6.26 Å². The molecule has 0 aliphatic rings. The van der Waals surface area contributed by atoms with Crippen LogP contribution in [-0.2, 0) is 6.54 Å². The van der Waals surface area contributed by atoms with Gasteiger partial charge in [0.2, 0.25) is 0 Å². The van der Waals surface area contributed by atoms with Crippen LogP contribution in [0.4, 0.5) is 0 Å². The quantitative estimate of drug-likeness (QED) is 0.728. The Kier molecular flexibility index (Phi) is 5.30. The maximum Gasteiger partial charge on any atom is 0.124 e. The smallest absolute Gasteiger partial charge is 0.124 e. The highest BCUT2D eigenvalue weighted by Crippen LogP contribution is 2.05. The predicted molar refractivity (Wildman–Crippen MR) is 56.9 cm³/mol. The zero-order chi connectivity index (χ0) is 10.2. The van der Waals surface area contributed by atoms with E-state index in [0.29, 0.717) is 6.04 Å². The summed E-state index contributed by atoms with van der Waals surface area (Å²) in [4.78, 5) is 0. The van der Waals surface area contributed by atoms with Crippen LogP contribution in [0.15, 0.2) is 16.9 Å². The fraction of sp³-hybridized carbons (Fsp3) is 0.727. The number of nitrogens with zero attached hydrogens (tertiary/aromatic N) is 1. The normalized spacial score (nSPS) is 13.0. The van der Waals surface area contributed by atoms with E-state index in [9.17, 15) is 0 Å². The maximum atomic E-state index is 4.77. The van der Waals surface area contributed by atoms with Gasteiger partial charge in [-0.05, 0) is 12.8 Å². The summed E-state index contributed by atoms with van der Waals surface area (Å²) >= 11 is 0. The first-order valence-electron chi connectivity index (χ1n) is 5.49. The fourth-order valence-electron chi connectivity index (χ4n) is 1.48. The van der Waals surface area contributed by atoms with Crippen molar-refractivity contribution >= 4 is 0 Å². The molecule has 0 saturated heterocycles. The highest BCUT2D eigenvalue weighted by molar-refractivity contribution is 4.94. The van der Waals surface area contributed by atoms with Gasteiger partial charge in [0.15, 0.2) is 0 Å². The molecule has 1 rings (SSSR count). The molecule has 1 unspecified atom stereocenters. The third kappa shape index (κ3) is 3.92. The number of unbranched alkanes of at least 4 members (excludes halogenated alkanes) is 1. The topological polar surface area (TPSA) is 38.1 Å². The molecule has 80 valence electrons. The van der Waals surface area contributed by atoms with E-state index in [-0.39, 0.29) is 0 Å². The summed E-state index contributed by atoms with van der Waals surface area (Å²) in [6.45, 7) is 5.26. The minimum absolute atomic E-state index is 0.617. The van der Waals surface area contributed by atoms with Crippen LogP contribution in [0.2, 0.25) is 0 Å². The Morgan fingerprint density at radius 1 is 1.50 bits per heavy atom. The Labute approximate surface area is 85.9 Å². The SMILES string of the molecule is CCCCC(CC)NCc1ccon1. The second-order valence-corrected chi connectivity index (χ2v) is 3.62. The van der Waals surface area contributed by atoms with Gasteiger partial charge in [0, 0.05) is 18.7 Å². The Hall–Kier alpha value is -0.830. The molecule has 1 aromatic rings. The molecule has 14 heavy (non-hydrogen) atoms. The molecular weight excluding hydrogens is 176 g/mol. The predicted octanol–water partition coefficient (Wildman–Crippen LogP) is 2.73. The Morgan fingerprint density at radius 2 is 2.36 bits per heavy atom. The van der Waals surface area contributed by atoms with Crippen LogP contribution >= 0.6 is 0 Å². The van der Waals surface area contributed by atoms with Crippen molar-refractivity contribution in [2.45, 2.75) is 52.1 Å². The van der Waals surface area contributed by atoms with Crippen LogP contribution in [0.25, 0.3) is 0 Å². The average molecular weight is 196 g/mol. The minimum atomic E-state index is 0.617. The summed E-state index contributed by atoms with van der Waals surface area (Å²) in [6, 6.07) is 2.52. The van der Waals surface area contributed by atoms with Crippen LogP contribution in [0, 0.1) is 0 Å². The fourth-order valence-corrected chi connectivity index (χ4v) is 1.48. The van der Waals surface area contributed by atoms with Crippen LogP contribution in [0.5, 0.6) is 0 Å². The zero-order valence-electron chi connectivity index (χ0n) is 9.12. The number of rotatable bonds is 7. The standard InChI is InChI=1S/C11H20N2O/c1-3-5-6-10(4-2)12-9-11-7-8-14-13-11/h7-8,10,12H,3-6,9H2,1-2H3. The van der Waals surface area contributed by atoms with E-state index in [0.717, 1.165) is 12.2 Å². The number of hydrogen-bond acceptors (Lipinski definition) is 3. The van der Waals surface area contributed by atoms with Gasteiger partial charge in [-0.15, -0.1) is 0 Å². The second-order valence-electron chi connectivity index (χ2n) is 3.62. The number of hydrogen-bond donors (Lipinski definition) is 1. The van der Waals surface area contributed by atoms with Gasteiger partial charge in [0.05, 0.1) is 5.69 Å². The van der Waals surface area contributed by atoms with Crippen molar-refractivity contribution < 1.29 is 4.52 Å². The minimum Gasteiger partial charge on any atom is -0.364 e. The molecule has 0 aromatic carbocycles. The first kappa shape index (κ1) is 11.2. The maximum absolute atomic E-state index is 4.77. The van der Waals surface area contributed by atoms with E-state index in [1.807, 2.05) is 6.07 Å². The number of aromatic nitrogens is 1. The van der Waals surface area contributed by atoms with Crippen molar-refractivity contribution in [1.82, 2.24) is 10.5 Å². The first-order valence-corrected chi connectivity index (χ1v) is 5.49. The summed E-state index contributed by atoms with van der Waals surface area (Å²) < 4.78 is 4.77. The van der Waals surface area contributed by atoms with Gasteiger partial charge in [-0.2, -0.15) is 0 Å². The summed E-state index contributed by atoms with van der Waals surface area (Å²) in [5.41, 5.74) is 0.986.